The van der Waals surface area contributed by atoms with Crippen molar-refractivity contribution >= 4 is 17.6 Å². The van der Waals surface area contributed by atoms with E-state index >= 15 is 0 Å². The Morgan fingerprint density at radius 2 is 2.06 bits per heavy atom. The molecule has 0 spiro atoms. The van der Waals surface area contributed by atoms with Crippen LogP contribution < -0.4 is 4.74 Å². The lowest BCUT2D eigenvalue weighted by Crippen LogP contribution is -2.20. The van der Waals surface area contributed by atoms with Crippen LogP contribution in [0.25, 0.3) is 0 Å². The van der Waals surface area contributed by atoms with Crippen molar-refractivity contribution in [3.63, 3.8) is 0 Å². The average Bonchev–Trinajstić information content (AvgIpc) is 2.14. The number of ether oxygens (including phenoxy) is 1. The molecule has 0 saturated carbocycles. The molecule has 1 aromatic rings. The summed E-state index contributed by atoms with van der Waals surface area (Å²) in [5.74, 6) is -1.42. The average molecular weight is 269 g/mol. The summed E-state index contributed by atoms with van der Waals surface area (Å²) in [5.41, 5.74) is 0.106. The van der Waals surface area contributed by atoms with E-state index in [1.165, 1.54) is 18.2 Å². The molecule has 0 saturated heterocycles. The quantitative estimate of drug-likeness (QED) is 0.913. The number of carboxylic acid groups (broad SMARTS) is 1. The molecule has 3 nitrogen and oxygen atoms in total. The fraction of sp³-hybridized carbons (Fsp3) is 0.300. The second-order valence-electron chi connectivity index (χ2n) is 3.20. The van der Waals surface area contributed by atoms with E-state index in [1.54, 1.807) is 0 Å². The molecule has 0 heterocycles. The molecule has 7 heteroatoms. The molecular formula is C10H8ClF3O3. The van der Waals surface area contributed by atoms with E-state index in [-0.39, 0.29) is 16.3 Å². The van der Waals surface area contributed by atoms with Gasteiger partial charge in [-0.25, -0.2) is 0 Å². The second-order valence-corrected chi connectivity index (χ2v) is 3.61. The fourth-order valence-electron chi connectivity index (χ4n) is 1.17. The van der Waals surface area contributed by atoms with Crippen molar-refractivity contribution in [2.24, 2.45) is 0 Å². The van der Waals surface area contributed by atoms with Crippen molar-refractivity contribution in [1.82, 2.24) is 0 Å². The first-order valence-electron chi connectivity index (χ1n) is 4.48. The molecular weight excluding hydrogens is 261 g/mol. The van der Waals surface area contributed by atoms with E-state index in [0.717, 1.165) is 0 Å². The van der Waals surface area contributed by atoms with E-state index in [2.05, 4.69) is 4.74 Å². The molecule has 0 aromatic heterocycles. The van der Waals surface area contributed by atoms with E-state index in [4.69, 9.17) is 16.7 Å². The Labute approximate surface area is 99.8 Å². The van der Waals surface area contributed by atoms with Gasteiger partial charge in [0, 0.05) is 5.56 Å². The maximum atomic E-state index is 12.0. The molecule has 0 aliphatic carbocycles. The van der Waals surface area contributed by atoms with Crippen LogP contribution in [-0.4, -0.2) is 23.9 Å². The third-order valence-electron chi connectivity index (χ3n) is 1.77. The normalized spacial score (nSPS) is 11.3. The number of carboxylic acids is 1. The molecule has 0 fully saturated rings. The first-order chi connectivity index (χ1) is 7.79. The molecule has 1 aromatic carbocycles. The number of aliphatic carboxylic acids is 1. The number of hydrogen-bond donors (Lipinski definition) is 1. The Bertz CT molecular complexity index is 418. The van der Waals surface area contributed by atoms with Crippen LogP contribution in [0.4, 0.5) is 13.2 Å². The van der Waals surface area contributed by atoms with Crippen molar-refractivity contribution in [3.05, 3.63) is 28.8 Å². The van der Waals surface area contributed by atoms with Gasteiger partial charge in [-0.15, -0.1) is 0 Å². The minimum atomic E-state index is -4.50. The van der Waals surface area contributed by atoms with Gasteiger partial charge in [0.1, 0.15) is 5.75 Å². The largest absolute Gasteiger partial charge is 0.482 e. The van der Waals surface area contributed by atoms with Gasteiger partial charge >= 0.3 is 12.1 Å². The smallest absolute Gasteiger partial charge is 0.422 e. The highest BCUT2D eigenvalue weighted by atomic mass is 35.5. The van der Waals surface area contributed by atoms with Crippen LogP contribution in [0.5, 0.6) is 5.75 Å². The molecule has 0 atom stereocenters. The van der Waals surface area contributed by atoms with Crippen molar-refractivity contribution in [1.29, 1.82) is 0 Å². The SMILES string of the molecule is O=C(O)Cc1cccc(Cl)c1OCC(F)(F)F. The summed E-state index contributed by atoms with van der Waals surface area (Å²) in [5, 5.41) is 8.54. The van der Waals surface area contributed by atoms with Gasteiger partial charge in [-0.05, 0) is 6.07 Å². The highest BCUT2D eigenvalue weighted by Gasteiger charge is 2.29. The first kappa shape index (κ1) is 13.6. The van der Waals surface area contributed by atoms with E-state index in [1.807, 2.05) is 0 Å². The minimum absolute atomic E-state index is 0.0481. The molecule has 1 N–H and O–H groups in total. The molecule has 0 aliphatic heterocycles. The highest BCUT2D eigenvalue weighted by molar-refractivity contribution is 6.32. The Kier molecular flexibility index (Phi) is 4.22. The lowest BCUT2D eigenvalue weighted by molar-refractivity contribution is -0.153. The van der Waals surface area contributed by atoms with Gasteiger partial charge in [0.15, 0.2) is 6.61 Å². The summed E-state index contributed by atoms with van der Waals surface area (Å²) in [6.07, 6.45) is -4.95. The van der Waals surface area contributed by atoms with Crippen molar-refractivity contribution < 1.29 is 27.8 Å². The van der Waals surface area contributed by atoms with Crippen molar-refractivity contribution in [2.45, 2.75) is 12.6 Å². The third kappa shape index (κ3) is 4.52. The Morgan fingerprint density at radius 3 is 2.59 bits per heavy atom. The standard InChI is InChI=1S/C10H8ClF3O3/c11-7-3-1-2-6(4-8(15)16)9(7)17-5-10(12,13)14/h1-3H,4-5H2,(H,15,16). The summed E-state index contributed by atoms with van der Waals surface area (Å²) in [4.78, 5) is 10.5. The van der Waals surface area contributed by atoms with Crippen LogP contribution in [0.3, 0.4) is 0 Å². The summed E-state index contributed by atoms with van der Waals surface area (Å²) >= 11 is 5.66. The van der Waals surface area contributed by atoms with Gasteiger partial charge in [-0.2, -0.15) is 13.2 Å². The van der Waals surface area contributed by atoms with E-state index in [0.29, 0.717) is 0 Å². The zero-order valence-corrected chi connectivity index (χ0v) is 9.18. The highest BCUT2D eigenvalue weighted by Crippen LogP contribution is 2.30. The van der Waals surface area contributed by atoms with Gasteiger partial charge in [-0.3, -0.25) is 4.79 Å². The summed E-state index contributed by atoms with van der Waals surface area (Å²) in [6.45, 7) is -1.51. The van der Waals surface area contributed by atoms with Crippen molar-refractivity contribution in [2.75, 3.05) is 6.61 Å². The topological polar surface area (TPSA) is 46.5 Å². The predicted octanol–water partition coefficient (Wildman–Crippen LogP) is 2.91. The van der Waals surface area contributed by atoms with Gasteiger partial charge in [0.25, 0.3) is 0 Å². The van der Waals surface area contributed by atoms with Crippen LogP contribution in [0, 0.1) is 0 Å². The number of hydrogen-bond acceptors (Lipinski definition) is 2. The molecule has 0 amide bonds. The van der Waals surface area contributed by atoms with E-state index < -0.39 is 25.2 Å². The number of carbonyl (C=O) groups is 1. The summed E-state index contributed by atoms with van der Waals surface area (Å²) in [7, 11) is 0. The molecule has 17 heavy (non-hydrogen) atoms. The zero-order chi connectivity index (χ0) is 13.1. The van der Waals surface area contributed by atoms with Crippen LogP contribution in [0.15, 0.2) is 18.2 Å². The zero-order valence-electron chi connectivity index (χ0n) is 8.42. The van der Waals surface area contributed by atoms with Crippen LogP contribution in [0.2, 0.25) is 5.02 Å². The molecule has 0 radical (unpaired) electrons. The van der Waals surface area contributed by atoms with Crippen LogP contribution >= 0.6 is 11.6 Å². The second kappa shape index (κ2) is 5.27. The van der Waals surface area contributed by atoms with Gasteiger partial charge in [0.05, 0.1) is 11.4 Å². The minimum Gasteiger partial charge on any atom is -0.482 e. The molecule has 1 rings (SSSR count). The van der Waals surface area contributed by atoms with Crippen molar-refractivity contribution in [3.8, 4) is 5.75 Å². The monoisotopic (exact) mass is 268 g/mol. The number of halogens is 4. The number of para-hydroxylation sites is 1. The molecule has 0 unspecified atom stereocenters. The summed E-state index contributed by atoms with van der Waals surface area (Å²) in [6, 6.07) is 4.13. The molecule has 94 valence electrons. The lowest BCUT2D eigenvalue weighted by atomic mass is 10.1. The maximum absolute atomic E-state index is 12.0. The van der Waals surface area contributed by atoms with Gasteiger partial charge in [0.2, 0.25) is 0 Å². The lowest BCUT2D eigenvalue weighted by Gasteiger charge is -2.13. The van der Waals surface area contributed by atoms with Gasteiger partial charge in [-0.1, -0.05) is 23.7 Å². The Morgan fingerprint density at radius 1 is 1.41 bits per heavy atom. The number of alkyl halides is 3. The maximum Gasteiger partial charge on any atom is 0.422 e. The predicted molar refractivity (Wildman–Crippen MR) is 54.3 cm³/mol. The number of rotatable bonds is 4. The molecule has 0 aliphatic rings. The van der Waals surface area contributed by atoms with E-state index in [9.17, 15) is 18.0 Å². The Balaban J connectivity index is 2.91. The fourth-order valence-corrected chi connectivity index (χ4v) is 1.42. The first-order valence-corrected chi connectivity index (χ1v) is 4.86. The summed E-state index contributed by atoms with van der Waals surface area (Å²) < 4.78 is 40.5. The molecule has 0 bridgehead atoms. The third-order valence-corrected chi connectivity index (χ3v) is 2.07. The number of benzene rings is 1. The van der Waals surface area contributed by atoms with Gasteiger partial charge < -0.3 is 9.84 Å². The van der Waals surface area contributed by atoms with Crippen LogP contribution in [-0.2, 0) is 11.2 Å². The Hall–Kier alpha value is -1.43. The van der Waals surface area contributed by atoms with Crippen LogP contribution in [0.1, 0.15) is 5.56 Å².